The second kappa shape index (κ2) is 21.0. The third kappa shape index (κ3) is 13.3. The number of ether oxygens (including phenoxy) is 2. The molecule has 0 bridgehead atoms. The largest absolute Gasteiger partial charge is 0.413 e. The van der Waals surface area contributed by atoms with E-state index in [-0.39, 0.29) is 36.4 Å². The Morgan fingerprint density at radius 1 is 0.913 bits per heavy atom. The van der Waals surface area contributed by atoms with Crippen LogP contribution in [0.1, 0.15) is 130 Å². The SMILES string of the molecule is CCC(=C/[C@H](C)C/C=C/C(C)=C/[C@@H](C)[C@@H](O)[C@@H](C)[C@H](O[Si](C(C)C)(C(C)C)C(C)C)[C@@H](C)CC)/C=C/[C@H]1CC=C[C@H](OC(C)C)O1. The maximum Gasteiger partial charge on any atom is 0.200 e. The first-order valence-electron chi connectivity index (χ1n) is 18.6. The van der Waals surface area contributed by atoms with E-state index in [1.165, 1.54) is 11.1 Å². The summed E-state index contributed by atoms with van der Waals surface area (Å²) in [6.07, 6.45) is 21.0. The summed E-state index contributed by atoms with van der Waals surface area (Å²) < 4.78 is 19.2. The van der Waals surface area contributed by atoms with Gasteiger partial charge in [-0.25, -0.2) is 0 Å². The van der Waals surface area contributed by atoms with Crippen LogP contribution in [-0.2, 0) is 13.9 Å². The lowest BCUT2D eigenvalue weighted by atomic mass is 9.83. The summed E-state index contributed by atoms with van der Waals surface area (Å²) in [5.74, 6) is 0.914. The van der Waals surface area contributed by atoms with Gasteiger partial charge >= 0.3 is 0 Å². The van der Waals surface area contributed by atoms with E-state index in [1.807, 2.05) is 19.9 Å². The molecule has 0 aromatic carbocycles. The molecule has 1 aliphatic heterocycles. The quantitative estimate of drug-likeness (QED) is 0.0803. The first kappa shape index (κ1) is 42.8. The summed E-state index contributed by atoms with van der Waals surface area (Å²) in [5, 5.41) is 11.6. The van der Waals surface area contributed by atoms with E-state index in [9.17, 15) is 5.11 Å². The third-order valence-electron chi connectivity index (χ3n) is 10.1. The van der Waals surface area contributed by atoms with Crippen molar-refractivity contribution < 1.29 is 19.0 Å². The number of hydrogen-bond donors (Lipinski definition) is 1. The molecule has 0 aromatic heterocycles. The average Bonchev–Trinajstić information content (AvgIpc) is 2.97. The molecule has 5 heteroatoms. The molecule has 0 saturated carbocycles. The highest BCUT2D eigenvalue weighted by Crippen LogP contribution is 2.45. The minimum atomic E-state index is -2.07. The molecule has 1 rings (SSSR count). The van der Waals surface area contributed by atoms with Crippen molar-refractivity contribution in [2.45, 2.75) is 177 Å². The molecule has 0 fully saturated rings. The number of rotatable bonds is 20. The Morgan fingerprint density at radius 3 is 2.04 bits per heavy atom. The van der Waals surface area contributed by atoms with E-state index in [0.29, 0.717) is 28.5 Å². The molecule has 0 radical (unpaired) electrons. The molecule has 1 heterocycles. The van der Waals surface area contributed by atoms with Crippen LogP contribution in [0, 0.1) is 23.7 Å². The predicted molar refractivity (Wildman–Crippen MR) is 203 cm³/mol. The van der Waals surface area contributed by atoms with Crippen molar-refractivity contribution in [1.82, 2.24) is 0 Å². The van der Waals surface area contributed by atoms with E-state index in [4.69, 9.17) is 13.9 Å². The Labute approximate surface area is 287 Å². The van der Waals surface area contributed by atoms with Crippen LogP contribution in [0.2, 0.25) is 16.6 Å². The highest BCUT2D eigenvalue weighted by atomic mass is 28.4. The van der Waals surface area contributed by atoms with Crippen LogP contribution in [0.25, 0.3) is 0 Å². The molecule has 0 amide bonds. The van der Waals surface area contributed by atoms with Crippen molar-refractivity contribution in [3.05, 3.63) is 59.8 Å². The third-order valence-corrected chi connectivity index (χ3v) is 16.2. The lowest BCUT2D eigenvalue weighted by Crippen LogP contribution is -2.54. The van der Waals surface area contributed by atoms with Crippen molar-refractivity contribution >= 4 is 8.32 Å². The van der Waals surface area contributed by atoms with Crippen LogP contribution in [-0.4, -0.2) is 44.1 Å². The Kier molecular flexibility index (Phi) is 19.5. The summed E-state index contributed by atoms with van der Waals surface area (Å²) in [6, 6.07) is 0. The monoisotopic (exact) mass is 659 g/mol. The summed E-state index contributed by atoms with van der Waals surface area (Å²) in [6.45, 7) is 33.7. The van der Waals surface area contributed by atoms with Gasteiger partial charge in [-0.2, -0.15) is 0 Å². The van der Waals surface area contributed by atoms with Gasteiger partial charge in [-0.3, -0.25) is 0 Å². The van der Waals surface area contributed by atoms with Crippen molar-refractivity contribution in [2.24, 2.45) is 23.7 Å². The van der Waals surface area contributed by atoms with Crippen molar-refractivity contribution in [3.63, 3.8) is 0 Å². The number of allylic oxidation sites excluding steroid dienone is 6. The van der Waals surface area contributed by atoms with Crippen LogP contribution in [0.3, 0.4) is 0 Å². The second-order valence-electron chi connectivity index (χ2n) is 15.4. The normalized spacial score (nSPS) is 22.9. The zero-order chi connectivity index (χ0) is 35.2. The number of aliphatic hydroxyl groups is 1. The smallest absolute Gasteiger partial charge is 0.200 e. The summed E-state index contributed by atoms with van der Waals surface area (Å²) in [4.78, 5) is 0. The van der Waals surface area contributed by atoms with Gasteiger partial charge in [0.25, 0.3) is 0 Å². The lowest BCUT2D eigenvalue weighted by Gasteiger charge is -2.48. The Balaban J connectivity index is 2.91. The Morgan fingerprint density at radius 2 is 1.52 bits per heavy atom. The van der Waals surface area contributed by atoms with Crippen LogP contribution < -0.4 is 0 Å². The van der Waals surface area contributed by atoms with Crippen molar-refractivity contribution in [3.8, 4) is 0 Å². The molecule has 46 heavy (non-hydrogen) atoms. The van der Waals surface area contributed by atoms with Gasteiger partial charge in [0.05, 0.1) is 24.4 Å². The molecule has 0 aliphatic carbocycles. The molecule has 0 saturated heterocycles. The minimum Gasteiger partial charge on any atom is -0.413 e. The molecule has 4 nitrogen and oxygen atoms in total. The van der Waals surface area contributed by atoms with Gasteiger partial charge in [-0.15, -0.1) is 0 Å². The Bertz CT molecular complexity index is 982. The molecular weight excluding hydrogens is 585 g/mol. The van der Waals surface area contributed by atoms with E-state index in [0.717, 1.165) is 25.7 Å². The van der Waals surface area contributed by atoms with Crippen LogP contribution in [0.4, 0.5) is 0 Å². The van der Waals surface area contributed by atoms with Crippen molar-refractivity contribution in [2.75, 3.05) is 0 Å². The first-order valence-corrected chi connectivity index (χ1v) is 20.7. The van der Waals surface area contributed by atoms with E-state index >= 15 is 0 Å². The standard InChI is InChI=1S/C41H74O4Si/c1-16-34(13)41(45-46(29(5)6,30(7)8)31(9)10)36(15)40(42)35(14)26-32(11)20-18-21-33(12)27-37(17-2)24-25-38-22-19-23-39(44-38)43-28(3)4/h18-20,23-31,33-36,38-42H,16-17,21-22H2,1-15H3/b20-18+,25-24+,32-26+,37-27-/t33-,34+,35-,36-,38-,39-,40-,41-/m1/s1. The van der Waals surface area contributed by atoms with Gasteiger partial charge in [0.1, 0.15) is 0 Å². The number of hydrogen-bond acceptors (Lipinski definition) is 4. The fourth-order valence-corrected chi connectivity index (χ4v) is 13.1. The van der Waals surface area contributed by atoms with E-state index in [1.54, 1.807) is 0 Å². The van der Waals surface area contributed by atoms with Crippen LogP contribution in [0.15, 0.2) is 59.8 Å². The van der Waals surface area contributed by atoms with E-state index in [2.05, 4.69) is 133 Å². The molecule has 1 N–H and O–H groups in total. The maximum absolute atomic E-state index is 11.6. The zero-order valence-corrected chi connectivity index (χ0v) is 33.5. The van der Waals surface area contributed by atoms with Crippen LogP contribution in [0.5, 0.6) is 0 Å². The maximum atomic E-state index is 11.6. The fourth-order valence-electron chi connectivity index (χ4n) is 7.35. The lowest BCUT2D eigenvalue weighted by molar-refractivity contribution is -0.154. The summed E-state index contributed by atoms with van der Waals surface area (Å²) in [5.41, 5.74) is 4.10. The van der Waals surface area contributed by atoms with Crippen molar-refractivity contribution in [1.29, 1.82) is 0 Å². The summed E-state index contributed by atoms with van der Waals surface area (Å²) >= 11 is 0. The Hall–Kier alpha value is -1.24. The molecule has 0 spiro atoms. The van der Waals surface area contributed by atoms with Gasteiger partial charge in [-0.05, 0) is 74.6 Å². The highest BCUT2D eigenvalue weighted by molar-refractivity contribution is 6.77. The van der Waals surface area contributed by atoms with Gasteiger partial charge in [0.15, 0.2) is 6.29 Å². The predicted octanol–water partition coefficient (Wildman–Crippen LogP) is 11.7. The molecule has 8 atom stereocenters. The molecule has 266 valence electrons. The average molecular weight is 659 g/mol. The molecule has 0 unspecified atom stereocenters. The molecule has 1 aliphatic rings. The topological polar surface area (TPSA) is 47.9 Å². The van der Waals surface area contributed by atoms with Gasteiger partial charge < -0.3 is 19.0 Å². The van der Waals surface area contributed by atoms with E-state index < -0.39 is 14.4 Å². The highest BCUT2D eigenvalue weighted by Gasteiger charge is 2.48. The second-order valence-corrected chi connectivity index (χ2v) is 20.8. The zero-order valence-electron chi connectivity index (χ0n) is 32.5. The molecule has 0 aromatic rings. The van der Waals surface area contributed by atoms with Crippen LogP contribution >= 0.6 is 0 Å². The van der Waals surface area contributed by atoms with Gasteiger partial charge in [0.2, 0.25) is 8.32 Å². The van der Waals surface area contributed by atoms with Gasteiger partial charge in [-0.1, -0.05) is 143 Å². The summed E-state index contributed by atoms with van der Waals surface area (Å²) in [7, 11) is -2.07. The molecular formula is C41H74O4Si. The minimum absolute atomic E-state index is 0.0413. The first-order chi connectivity index (χ1) is 21.5. The van der Waals surface area contributed by atoms with Gasteiger partial charge in [0, 0.05) is 11.8 Å². The number of aliphatic hydroxyl groups excluding tert-OH is 1. The fraction of sp³-hybridized carbons (Fsp3) is 0.756.